The maximum absolute atomic E-state index is 12.9. The van der Waals surface area contributed by atoms with E-state index in [2.05, 4.69) is 13.8 Å². The molecule has 0 aliphatic rings. The van der Waals surface area contributed by atoms with E-state index in [1.807, 2.05) is 48.5 Å². The smallest absolute Gasteiger partial charge is 0.347 e. The Kier molecular flexibility index (Phi) is 15.9. The van der Waals surface area contributed by atoms with Crippen molar-refractivity contribution in [1.82, 2.24) is 0 Å². The number of ether oxygens (including phenoxy) is 4. The fourth-order valence-electron chi connectivity index (χ4n) is 5.87. The van der Waals surface area contributed by atoms with Crippen molar-refractivity contribution in [2.45, 2.75) is 129 Å². The zero-order valence-corrected chi connectivity index (χ0v) is 27.5. The van der Waals surface area contributed by atoms with Crippen LogP contribution in [0.4, 0.5) is 0 Å². The van der Waals surface area contributed by atoms with Gasteiger partial charge >= 0.3 is 11.9 Å². The summed E-state index contributed by atoms with van der Waals surface area (Å²) in [6.45, 7) is 4.44. The molecule has 0 aliphatic heterocycles. The lowest BCUT2D eigenvalue weighted by molar-refractivity contribution is -0.149. The number of hydrogen-bond donors (Lipinski definition) is 0. The SMILES string of the molecule is CCCCCCCCCC(Oc1c2ccccc2c(OC(CCCCCCCCC)C(=O)OC)c2ccccc12)C(=O)OC. The van der Waals surface area contributed by atoms with Crippen molar-refractivity contribution >= 4 is 33.5 Å². The molecule has 2 atom stereocenters. The van der Waals surface area contributed by atoms with Gasteiger partial charge in [0.25, 0.3) is 0 Å². The van der Waals surface area contributed by atoms with Gasteiger partial charge in [0, 0.05) is 21.5 Å². The van der Waals surface area contributed by atoms with E-state index >= 15 is 0 Å². The van der Waals surface area contributed by atoms with Crippen molar-refractivity contribution in [2.75, 3.05) is 14.2 Å². The quantitative estimate of drug-likeness (QED) is 0.0644. The van der Waals surface area contributed by atoms with Crippen LogP contribution in [0.3, 0.4) is 0 Å². The highest BCUT2D eigenvalue weighted by atomic mass is 16.6. The molecule has 2 unspecified atom stereocenters. The van der Waals surface area contributed by atoms with E-state index in [4.69, 9.17) is 18.9 Å². The Bertz CT molecular complexity index is 1130. The topological polar surface area (TPSA) is 71.1 Å². The van der Waals surface area contributed by atoms with E-state index in [0.29, 0.717) is 24.3 Å². The Morgan fingerprint density at radius 2 is 0.795 bits per heavy atom. The number of unbranched alkanes of at least 4 members (excludes halogenated alkanes) is 12. The second kappa shape index (κ2) is 19.9. The predicted molar refractivity (Wildman–Crippen MR) is 180 cm³/mol. The highest BCUT2D eigenvalue weighted by Gasteiger charge is 2.27. The van der Waals surface area contributed by atoms with Gasteiger partial charge in [-0.3, -0.25) is 0 Å². The molecule has 0 heterocycles. The minimum absolute atomic E-state index is 0.370. The van der Waals surface area contributed by atoms with Crippen LogP contribution in [0.2, 0.25) is 0 Å². The molecule has 0 bridgehead atoms. The average molecular weight is 607 g/mol. The van der Waals surface area contributed by atoms with E-state index in [-0.39, 0.29) is 11.9 Å². The summed E-state index contributed by atoms with van der Waals surface area (Å²) in [7, 11) is 2.82. The Morgan fingerprint density at radius 1 is 0.500 bits per heavy atom. The molecule has 0 N–H and O–H groups in total. The Labute approximate surface area is 264 Å². The predicted octanol–water partition coefficient (Wildman–Crippen LogP) is 10.1. The molecule has 0 radical (unpaired) electrons. The molecule has 0 aromatic heterocycles. The van der Waals surface area contributed by atoms with E-state index in [9.17, 15) is 9.59 Å². The summed E-state index contributed by atoms with van der Waals surface area (Å²) in [5.74, 6) is 0.516. The van der Waals surface area contributed by atoms with Crippen LogP contribution in [0.1, 0.15) is 117 Å². The number of rotatable bonds is 22. The zero-order valence-electron chi connectivity index (χ0n) is 27.5. The third-order valence-corrected chi connectivity index (χ3v) is 8.42. The van der Waals surface area contributed by atoms with Crippen molar-refractivity contribution in [3.05, 3.63) is 48.5 Å². The molecule has 242 valence electrons. The molecule has 0 fully saturated rings. The van der Waals surface area contributed by atoms with Gasteiger partial charge in [0.05, 0.1) is 14.2 Å². The highest BCUT2D eigenvalue weighted by molar-refractivity contribution is 6.11. The molecule has 0 aliphatic carbocycles. The highest BCUT2D eigenvalue weighted by Crippen LogP contribution is 2.44. The van der Waals surface area contributed by atoms with Gasteiger partial charge in [-0.25, -0.2) is 9.59 Å². The van der Waals surface area contributed by atoms with Crippen molar-refractivity contribution in [1.29, 1.82) is 0 Å². The summed E-state index contributed by atoms with van der Waals surface area (Å²) in [5.41, 5.74) is 0. The monoisotopic (exact) mass is 606 g/mol. The zero-order chi connectivity index (χ0) is 31.6. The Hall–Kier alpha value is -3.28. The van der Waals surface area contributed by atoms with Crippen LogP contribution in [-0.4, -0.2) is 38.4 Å². The number of carbonyl (C=O) groups excluding carboxylic acids is 2. The molecule has 6 heteroatoms. The largest absolute Gasteiger partial charge is 0.477 e. The van der Waals surface area contributed by atoms with Gasteiger partial charge in [0.15, 0.2) is 12.2 Å². The maximum Gasteiger partial charge on any atom is 0.347 e. The summed E-state index contributed by atoms with van der Waals surface area (Å²) in [5, 5.41) is 3.31. The molecule has 0 saturated heterocycles. The molecule has 6 nitrogen and oxygen atoms in total. The van der Waals surface area contributed by atoms with Crippen LogP contribution in [0.5, 0.6) is 11.5 Å². The fourth-order valence-corrected chi connectivity index (χ4v) is 5.87. The van der Waals surface area contributed by atoms with Crippen LogP contribution in [0, 0.1) is 0 Å². The summed E-state index contributed by atoms with van der Waals surface area (Å²) >= 11 is 0. The van der Waals surface area contributed by atoms with E-state index < -0.39 is 12.2 Å². The molecular weight excluding hydrogens is 552 g/mol. The first-order chi connectivity index (χ1) is 21.5. The summed E-state index contributed by atoms with van der Waals surface area (Å²) in [6.07, 6.45) is 15.9. The van der Waals surface area contributed by atoms with E-state index in [1.165, 1.54) is 65.6 Å². The van der Waals surface area contributed by atoms with Crippen LogP contribution in [0.15, 0.2) is 48.5 Å². The standard InChI is InChI=1S/C38H54O6/c1-5-7-9-11-13-15-17-27-33(37(39)41-3)43-35-29-23-19-21-25-31(29)36(32-26-22-20-24-30(32)35)44-34(38(40)42-4)28-18-16-14-12-10-8-6-2/h19-26,33-34H,5-18,27-28H2,1-4H3. The number of fused-ring (bicyclic) bond motifs is 2. The Morgan fingerprint density at radius 3 is 1.09 bits per heavy atom. The van der Waals surface area contributed by atoms with Crippen molar-refractivity contribution in [2.24, 2.45) is 0 Å². The first-order valence-corrected chi connectivity index (χ1v) is 17.0. The molecule has 44 heavy (non-hydrogen) atoms. The number of carbonyl (C=O) groups is 2. The lowest BCUT2D eigenvalue weighted by atomic mass is 9.99. The average Bonchev–Trinajstić information content (AvgIpc) is 3.06. The normalized spacial score (nSPS) is 12.6. The Balaban J connectivity index is 1.87. The van der Waals surface area contributed by atoms with Crippen LogP contribution >= 0.6 is 0 Å². The molecule has 3 rings (SSSR count). The first-order valence-electron chi connectivity index (χ1n) is 17.0. The van der Waals surface area contributed by atoms with Gasteiger partial charge in [-0.15, -0.1) is 0 Å². The number of esters is 2. The molecule has 0 spiro atoms. The second-order valence-corrected chi connectivity index (χ2v) is 11.8. The number of methoxy groups -OCH3 is 2. The lowest BCUT2D eigenvalue weighted by Gasteiger charge is -2.23. The summed E-state index contributed by atoms with van der Waals surface area (Å²) < 4.78 is 23.5. The first kappa shape index (κ1) is 35.2. The van der Waals surface area contributed by atoms with Crippen molar-refractivity contribution in [3.63, 3.8) is 0 Å². The third-order valence-electron chi connectivity index (χ3n) is 8.42. The molecule has 0 saturated carbocycles. The van der Waals surface area contributed by atoms with E-state index in [0.717, 1.165) is 60.1 Å². The molecular formula is C38H54O6. The summed E-state index contributed by atoms with van der Waals surface area (Å²) in [6, 6.07) is 15.7. The lowest BCUT2D eigenvalue weighted by Crippen LogP contribution is -2.29. The van der Waals surface area contributed by atoms with Crippen LogP contribution < -0.4 is 9.47 Å². The van der Waals surface area contributed by atoms with Crippen molar-refractivity contribution in [3.8, 4) is 11.5 Å². The number of benzene rings is 3. The third kappa shape index (κ3) is 10.4. The molecule has 3 aromatic carbocycles. The molecule has 3 aromatic rings. The van der Waals surface area contributed by atoms with Crippen molar-refractivity contribution < 1.29 is 28.5 Å². The van der Waals surface area contributed by atoms with Gasteiger partial charge in [-0.1, -0.05) is 139 Å². The van der Waals surface area contributed by atoms with Gasteiger partial charge < -0.3 is 18.9 Å². The number of hydrogen-bond acceptors (Lipinski definition) is 6. The van der Waals surface area contributed by atoms with Crippen LogP contribution in [-0.2, 0) is 19.1 Å². The minimum Gasteiger partial charge on any atom is -0.477 e. The minimum atomic E-state index is -0.714. The van der Waals surface area contributed by atoms with Crippen LogP contribution in [0.25, 0.3) is 21.5 Å². The van der Waals surface area contributed by atoms with E-state index in [1.54, 1.807) is 0 Å². The second-order valence-electron chi connectivity index (χ2n) is 11.8. The summed E-state index contributed by atoms with van der Waals surface area (Å²) in [4.78, 5) is 25.8. The van der Waals surface area contributed by atoms with Gasteiger partial charge in [-0.2, -0.15) is 0 Å². The van der Waals surface area contributed by atoms with Gasteiger partial charge in [0.1, 0.15) is 11.5 Å². The molecule has 0 amide bonds. The van der Waals surface area contributed by atoms with Gasteiger partial charge in [-0.05, 0) is 25.7 Å². The van der Waals surface area contributed by atoms with Gasteiger partial charge in [0.2, 0.25) is 0 Å². The fraction of sp³-hybridized carbons (Fsp3) is 0.579. The maximum atomic E-state index is 12.9.